The molecule has 0 spiro atoms. The van der Waals surface area contributed by atoms with E-state index in [-0.39, 0.29) is 23.8 Å². The number of nitrogens with one attached hydrogen (secondary N) is 3. The summed E-state index contributed by atoms with van der Waals surface area (Å²) in [5, 5.41) is 8.21. The molecule has 0 aliphatic rings. The summed E-state index contributed by atoms with van der Waals surface area (Å²) in [5.41, 5.74) is 1.40. The Morgan fingerprint density at radius 3 is 2.10 bits per heavy atom. The highest BCUT2D eigenvalue weighted by atomic mass is 35.5. The molecule has 2 aromatic rings. The molecule has 0 unspecified atom stereocenters. The van der Waals surface area contributed by atoms with Gasteiger partial charge in [0.2, 0.25) is 11.8 Å². The van der Waals surface area contributed by atoms with Crippen molar-refractivity contribution in [3.8, 4) is 0 Å². The smallest absolute Gasteiger partial charge is 0.306 e. The van der Waals surface area contributed by atoms with Crippen molar-refractivity contribution in [2.75, 3.05) is 22.6 Å². The van der Waals surface area contributed by atoms with Crippen LogP contribution in [0.3, 0.4) is 0 Å². The van der Waals surface area contributed by atoms with Gasteiger partial charge in [-0.15, -0.1) is 0 Å². The molecule has 0 atom stereocenters. The van der Waals surface area contributed by atoms with E-state index in [1.54, 1.807) is 42.5 Å². The summed E-state index contributed by atoms with van der Waals surface area (Å²) in [6.07, 6.45) is -0.351. The quantitative estimate of drug-likeness (QED) is 0.527. The number of amides is 3. The van der Waals surface area contributed by atoms with E-state index in [1.165, 1.54) is 6.92 Å². The molecule has 0 radical (unpaired) electrons. The second-order valence-electron chi connectivity index (χ2n) is 6.12. The molecule has 0 heterocycles. The number of esters is 1. The van der Waals surface area contributed by atoms with Crippen molar-refractivity contribution in [3.05, 3.63) is 52.5 Å². The van der Waals surface area contributed by atoms with Crippen LogP contribution in [-0.2, 0) is 23.9 Å². The zero-order valence-electron chi connectivity index (χ0n) is 16.0. The number of ether oxygens (including phenoxy) is 1. The van der Waals surface area contributed by atoms with Crippen LogP contribution in [0.15, 0.2) is 42.5 Å². The van der Waals surface area contributed by atoms with Crippen LogP contribution in [0, 0.1) is 0 Å². The van der Waals surface area contributed by atoms with Crippen LogP contribution in [-0.4, -0.2) is 30.3 Å². The first-order chi connectivity index (χ1) is 14.2. The summed E-state index contributed by atoms with van der Waals surface area (Å²) in [6.45, 7) is 0.897. The first-order valence-corrected chi connectivity index (χ1v) is 9.57. The molecule has 8 nitrogen and oxygen atoms in total. The molecule has 3 N–H and O–H groups in total. The van der Waals surface area contributed by atoms with Gasteiger partial charge in [-0.3, -0.25) is 19.2 Å². The van der Waals surface area contributed by atoms with Crippen molar-refractivity contribution in [1.82, 2.24) is 0 Å². The second-order valence-corrected chi connectivity index (χ2v) is 6.90. The Bertz CT molecular complexity index is 948. The van der Waals surface area contributed by atoms with Crippen LogP contribution >= 0.6 is 23.2 Å². The van der Waals surface area contributed by atoms with Gasteiger partial charge < -0.3 is 20.7 Å². The van der Waals surface area contributed by atoms with Crippen molar-refractivity contribution in [2.24, 2.45) is 0 Å². The molecule has 0 fully saturated rings. The number of halogens is 2. The number of benzene rings is 2. The van der Waals surface area contributed by atoms with E-state index in [4.69, 9.17) is 27.9 Å². The first kappa shape index (κ1) is 23.2. The molecule has 0 aromatic heterocycles. The average Bonchev–Trinajstić information content (AvgIpc) is 2.69. The number of carbonyl (C=O) groups excluding carboxylic acids is 4. The predicted octanol–water partition coefficient (Wildman–Crippen LogP) is 3.85. The predicted molar refractivity (Wildman–Crippen MR) is 115 cm³/mol. The van der Waals surface area contributed by atoms with Gasteiger partial charge in [-0.2, -0.15) is 0 Å². The van der Waals surface area contributed by atoms with E-state index in [9.17, 15) is 19.2 Å². The molecular formula is C20H19Cl2N3O5. The lowest BCUT2D eigenvalue weighted by Crippen LogP contribution is -2.21. The normalized spacial score (nSPS) is 10.1. The average molecular weight is 452 g/mol. The van der Waals surface area contributed by atoms with E-state index in [0.717, 1.165) is 0 Å². The van der Waals surface area contributed by atoms with E-state index >= 15 is 0 Å². The monoisotopic (exact) mass is 451 g/mol. The van der Waals surface area contributed by atoms with E-state index in [1.807, 2.05) is 0 Å². The molecule has 30 heavy (non-hydrogen) atoms. The Balaban J connectivity index is 1.71. The minimum Gasteiger partial charge on any atom is -0.456 e. The maximum absolute atomic E-state index is 11.9. The summed E-state index contributed by atoms with van der Waals surface area (Å²) < 4.78 is 4.86. The maximum atomic E-state index is 11.9. The molecule has 2 aromatic carbocycles. The summed E-state index contributed by atoms with van der Waals surface area (Å²) >= 11 is 11.9. The summed E-state index contributed by atoms with van der Waals surface area (Å²) in [4.78, 5) is 46.5. The maximum Gasteiger partial charge on any atom is 0.306 e. The van der Waals surface area contributed by atoms with Crippen LogP contribution in [0.2, 0.25) is 10.0 Å². The Labute approximate surface area is 182 Å². The van der Waals surface area contributed by atoms with E-state index in [2.05, 4.69) is 16.0 Å². The van der Waals surface area contributed by atoms with Gasteiger partial charge in [0.15, 0.2) is 6.61 Å². The highest BCUT2D eigenvalue weighted by Gasteiger charge is 2.13. The molecule has 0 saturated carbocycles. The molecule has 158 valence electrons. The van der Waals surface area contributed by atoms with Crippen LogP contribution in [0.1, 0.15) is 19.8 Å². The Hall–Kier alpha value is -3.10. The van der Waals surface area contributed by atoms with Crippen LogP contribution in [0.4, 0.5) is 17.1 Å². The number of carbonyl (C=O) groups is 4. The molecule has 0 bridgehead atoms. The number of rotatable bonds is 8. The van der Waals surface area contributed by atoms with Gasteiger partial charge in [0.05, 0.1) is 22.2 Å². The lowest BCUT2D eigenvalue weighted by atomic mass is 10.2. The third-order valence-corrected chi connectivity index (χ3v) is 4.45. The molecule has 0 aliphatic heterocycles. The third-order valence-electron chi connectivity index (χ3n) is 3.64. The molecule has 2 rings (SSSR count). The van der Waals surface area contributed by atoms with Gasteiger partial charge >= 0.3 is 5.97 Å². The fourth-order valence-electron chi connectivity index (χ4n) is 2.28. The molecule has 0 saturated heterocycles. The van der Waals surface area contributed by atoms with Crippen LogP contribution in [0.25, 0.3) is 0 Å². The van der Waals surface area contributed by atoms with E-state index < -0.39 is 24.4 Å². The van der Waals surface area contributed by atoms with Gasteiger partial charge in [0.1, 0.15) is 0 Å². The summed E-state index contributed by atoms with van der Waals surface area (Å²) in [5.74, 6) is -1.88. The SMILES string of the molecule is CC(=O)Nc1ccc(NC(=O)COC(=O)CCC(=O)Nc2cccc(Cl)c2Cl)cc1. The summed E-state index contributed by atoms with van der Waals surface area (Å²) in [6, 6.07) is 11.2. The standard InChI is InChI=1S/C20H19Cl2N3O5/c1-12(26)23-13-5-7-14(8-6-13)24-18(28)11-30-19(29)10-9-17(27)25-16-4-2-3-15(21)20(16)22/h2-8H,9-11H2,1H3,(H,23,26)(H,24,28)(H,25,27). The highest BCUT2D eigenvalue weighted by Crippen LogP contribution is 2.29. The zero-order chi connectivity index (χ0) is 22.1. The van der Waals surface area contributed by atoms with Gasteiger partial charge in [-0.05, 0) is 36.4 Å². The Kier molecular flexibility index (Phi) is 8.64. The van der Waals surface area contributed by atoms with Gasteiger partial charge in [-0.1, -0.05) is 29.3 Å². The Morgan fingerprint density at radius 2 is 1.47 bits per heavy atom. The molecular weight excluding hydrogens is 433 g/mol. The van der Waals surface area contributed by atoms with Crippen molar-refractivity contribution in [3.63, 3.8) is 0 Å². The number of anilines is 3. The molecule has 0 aliphatic carbocycles. The van der Waals surface area contributed by atoms with Gasteiger partial charge in [0, 0.05) is 24.7 Å². The topological polar surface area (TPSA) is 114 Å². The summed E-state index contributed by atoms with van der Waals surface area (Å²) in [7, 11) is 0. The van der Waals surface area contributed by atoms with Crippen LogP contribution < -0.4 is 16.0 Å². The minimum atomic E-state index is -0.696. The van der Waals surface area contributed by atoms with Crippen molar-refractivity contribution < 1.29 is 23.9 Å². The number of hydrogen-bond donors (Lipinski definition) is 3. The largest absolute Gasteiger partial charge is 0.456 e. The number of hydrogen-bond acceptors (Lipinski definition) is 5. The fraction of sp³-hybridized carbons (Fsp3) is 0.200. The highest BCUT2D eigenvalue weighted by molar-refractivity contribution is 6.44. The van der Waals surface area contributed by atoms with Crippen LogP contribution in [0.5, 0.6) is 0 Å². The third kappa shape index (κ3) is 7.73. The molecule has 3 amide bonds. The van der Waals surface area contributed by atoms with Gasteiger partial charge in [0.25, 0.3) is 5.91 Å². The lowest BCUT2D eigenvalue weighted by molar-refractivity contribution is -0.147. The van der Waals surface area contributed by atoms with Gasteiger partial charge in [-0.25, -0.2) is 0 Å². The minimum absolute atomic E-state index is 0.145. The first-order valence-electron chi connectivity index (χ1n) is 8.81. The van der Waals surface area contributed by atoms with Crippen molar-refractivity contribution in [1.29, 1.82) is 0 Å². The Morgan fingerprint density at radius 1 is 0.833 bits per heavy atom. The second kappa shape index (κ2) is 11.2. The zero-order valence-corrected chi connectivity index (χ0v) is 17.5. The van der Waals surface area contributed by atoms with Crippen molar-refractivity contribution >= 4 is 64.0 Å². The fourth-order valence-corrected chi connectivity index (χ4v) is 2.63. The van der Waals surface area contributed by atoms with E-state index in [0.29, 0.717) is 22.1 Å². The molecule has 10 heteroatoms. The van der Waals surface area contributed by atoms with Crippen molar-refractivity contribution in [2.45, 2.75) is 19.8 Å². The lowest BCUT2D eigenvalue weighted by Gasteiger charge is -2.09.